The van der Waals surface area contributed by atoms with E-state index in [0.717, 1.165) is 0 Å². The molecule has 0 saturated carbocycles. The molecule has 0 saturated heterocycles. The molecule has 148 valence electrons. The van der Waals surface area contributed by atoms with Crippen LogP contribution in [0.15, 0.2) is 54.6 Å². The average molecular weight is 385 g/mol. The largest absolute Gasteiger partial charge is 0.480 e. The third-order valence-electron chi connectivity index (χ3n) is 3.57. The fourth-order valence-corrected chi connectivity index (χ4v) is 2.32. The number of ether oxygens (including phenoxy) is 2. The van der Waals surface area contributed by atoms with Crippen LogP contribution in [0.5, 0.6) is 5.75 Å². The first-order valence-corrected chi connectivity index (χ1v) is 8.72. The Morgan fingerprint density at radius 3 is 2.14 bits per heavy atom. The molecule has 1 atom stereocenters. The van der Waals surface area contributed by atoms with Crippen molar-refractivity contribution in [1.29, 1.82) is 0 Å². The molecule has 0 heterocycles. The molecule has 0 aromatic heterocycles. The molecule has 0 aliphatic carbocycles. The molecular formula is C21H23NO6. The predicted molar refractivity (Wildman–Crippen MR) is 102 cm³/mol. The number of benzene rings is 2. The molecule has 0 aliphatic rings. The summed E-state index contributed by atoms with van der Waals surface area (Å²) in [6.45, 7) is 5.08. The van der Waals surface area contributed by atoms with Crippen molar-refractivity contribution in [3.05, 3.63) is 65.7 Å². The maximum Gasteiger partial charge on any atom is 0.408 e. The molecular weight excluding hydrogens is 362 g/mol. The summed E-state index contributed by atoms with van der Waals surface area (Å²) in [7, 11) is 0. The highest BCUT2D eigenvalue weighted by atomic mass is 16.6. The van der Waals surface area contributed by atoms with Gasteiger partial charge in [-0.3, -0.25) is 0 Å². The fourth-order valence-electron chi connectivity index (χ4n) is 2.32. The Balaban J connectivity index is 1.98. The highest BCUT2D eigenvalue weighted by Gasteiger charge is 2.24. The Bertz CT molecular complexity index is 824. The molecule has 2 N–H and O–H groups in total. The molecule has 0 bridgehead atoms. The lowest BCUT2D eigenvalue weighted by molar-refractivity contribution is -0.139. The van der Waals surface area contributed by atoms with Crippen molar-refractivity contribution >= 4 is 18.0 Å². The van der Waals surface area contributed by atoms with Gasteiger partial charge in [0, 0.05) is 6.42 Å². The second-order valence-electron chi connectivity index (χ2n) is 7.14. The van der Waals surface area contributed by atoms with Crippen molar-refractivity contribution in [3.63, 3.8) is 0 Å². The van der Waals surface area contributed by atoms with Gasteiger partial charge in [0.25, 0.3) is 0 Å². The van der Waals surface area contributed by atoms with Gasteiger partial charge in [0.2, 0.25) is 0 Å². The smallest absolute Gasteiger partial charge is 0.408 e. The number of aliphatic carboxylic acids is 1. The molecule has 0 spiro atoms. The van der Waals surface area contributed by atoms with Gasteiger partial charge in [-0.15, -0.1) is 0 Å². The van der Waals surface area contributed by atoms with Gasteiger partial charge in [-0.25, -0.2) is 14.4 Å². The zero-order chi connectivity index (χ0) is 20.7. The number of carboxylic acids is 1. The van der Waals surface area contributed by atoms with Crippen molar-refractivity contribution in [3.8, 4) is 5.75 Å². The predicted octanol–water partition coefficient (Wildman–Crippen LogP) is 3.43. The number of hydrogen-bond acceptors (Lipinski definition) is 5. The van der Waals surface area contributed by atoms with Crippen LogP contribution in [0.1, 0.15) is 36.7 Å². The molecule has 7 heteroatoms. The lowest BCUT2D eigenvalue weighted by atomic mass is 10.1. The Morgan fingerprint density at radius 2 is 1.61 bits per heavy atom. The van der Waals surface area contributed by atoms with E-state index in [9.17, 15) is 19.5 Å². The number of carbonyl (C=O) groups is 3. The van der Waals surface area contributed by atoms with Crippen LogP contribution in [0.2, 0.25) is 0 Å². The van der Waals surface area contributed by atoms with E-state index in [0.29, 0.717) is 16.9 Å². The van der Waals surface area contributed by atoms with Gasteiger partial charge in [0.05, 0.1) is 5.56 Å². The number of alkyl carbamates (subject to hydrolysis) is 1. The van der Waals surface area contributed by atoms with Crippen LogP contribution in [0.4, 0.5) is 4.79 Å². The van der Waals surface area contributed by atoms with Crippen LogP contribution in [0, 0.1) is 0 Å². The first-order valence-electron chi connectivity index (χ1n) is 8.72. The topological polar surface area (TPSA) is 102 Å². The van der Waals surface area contributed by atoms with Gasteiger partial charge in [0.1, 0.15) is 17.4 Å². The van der Waals surface area contributed by atoms with Gasteiger partial charge >= 0.3 is 18.0 Å². The first kappa shape index (κ1) is 21.0. The fraction of sp³-hybridized carbons (Fsp3) is 0.286. The van der Waals surface area contributed by atoms with E-state index in [2.05, 4.69) is 5.32 Å². The zero-order valence-corrected chi connectivity index (χ0v) is 16.0. The van der Waals surface area contributed by atoms with Crippen LogP contribution < -0.4 is 10.1 Å². The lowest BCUT2D eigenvalue weighted by Gasteiger charge is -2.22. The summed E-state index contributed by atoms with van der Waals surface area (Å²) in [5.74, 6) is -1.32. The summed E-state index contributed by atoms with van der Waals surface area (Å²) in [5.41, 5.74) is 0.360. The van der Waals surface area contributed by atoms with Gasteiger partial charge in [-0.1, -0.05) is 30.3 Å². The lowest BCUT2D eigenvalue weighted by Crippen LogP contribution is -2.44. The molecule has 0 radical (unpaired) electrons. The van der Waals surface area contributed by atoms with E-state index in [4.69, 9.17) is 9.47 Å². The van der Waals surface area contributed by atoms with Crippen LogP contribution in [0.3, 0.4) is 0 Å². The summed E-state index contributed by atoms with van der Waals surface area (Å²) >= 11 is 0. The summed E-state index contributed by atoms with van der Waals surface area (Å²) in [4.78, 5) is 35.3. The van der Waals surface area contributed by atoms with Crippen LogP contribution in [0.25, 0.3) is 0 Å². The van der Waals surface area contributed by atoms with E-state index in [1.807, 2.05) is 0 Å². The maximum atomic E-state index is 12.0. The minimum absolute atomic E-state index is 0.0570. The number of rotatable bonds is 6. The monoisotopic (exact) mass is 385 g/mol. The molecule has 7 nitrogen and oxygen atoms in total. The third kappa shape index (κ3) is 6.75. The first-order chi connectivity index (χ1) is 13.1. The number of nitrogens with one attached hydrogen (secondary N) is 1. The van der Waals surface area contributed by atoms with Gasteiger partial charge in [-0.05, 0) is 50.6 Å². The third-order valence-corrected chi connectivity index (χ3v) is 3.57. The maximum absolute atomic E-state index is 12.0. The van der Waals surface area contributed by atoms with E-state index >= 15 is 0 Å². The summed E-state index contributed by atoms with van der Waals surface area (Å²) in [6.07, 6.45) is -0.741. The number of carboxylic acid groups (broad SMARTS) is 1. The molecule has 0 aliphatic heterocycles. The normalized spacial score (nSPS) is 12.0. The number of amides is 1. The Labute approximate surface area is 163 Å². The molecule has 2 rings (SSSR count). The zero-order valence-electron chi connectivity index (χ0n) is 16.0. The Hall–Kier alpha value is -3.35. The van der Waals surface area contributed by atoms with Crippen molar-refractivity contribution in [2.24, 2.45) is 0 Å². The minimum atomic E-state index is -1.18. The molecule has 0 unspecified atom stereocenters. The minimum Gasteiger partial charge on any atom is -0.480 e. The summed E-state index contributed by atoms with van der Waals surface area (Å²) in [5, 5.41) is 11.7. The van der Waals surface area contributed by atoms with Crippen molar-refractivity contribution in [2.45, 2.75) is 38.8 Å². The molecule has 0 fully saturated rings. The standard InChI is InChI=1S/C21H23NO6/c1-21(2,3)28-20(26)22-17(18(23)24)13-14-9-11-16(12-10-14)27-19(25)15-7-5-4-6-8-15/h4-12,17H,13H2,1-3H3,(H,22,26)(H,23,24)/t17-/m0/s1. The summed E-state index contributed by atoms with van der Waals surface area (Å²) < 4.78 is 10.4. The Kier molecular flexibility index (Phi) is 6.76. The highest BCUT2D eigenvalue weighted by Crippen LogP contribution is 2.16. The second-order valence-corrected chi connectivity index (χ2v) is 7.14. The number of hydrogen-bond donors (Lipinski definition) is 2. The van der Waals surface area contributed by atoms with E-state index in [-0.39, 0.29) is 6.42 Å². The van der Waals surface area contributed by atoms with Gasteiger partial charge in [-0.2, -0.15) is 0 Å². The van der Waals surface area contributed by atoms with E-state index in [1.54, 1.807) is 75.4 Å². The second kappa shape index (κ2) is 9.03. The van der Waals surface area contributed by atoms with Crippen LogP contribution in [-0.4, -0.2) is 34.8 Å². The average Bonchev–Trinajstić information content (AvgIpc) is 2.61. The molecule has 1 amide bonds. The molecule has 2 aromatic carbocycles. The van der Waals surface area contributed by atoms with E-state index in [1.165, 1.54) is 0 Å². The van der Waals surface area contributed by atoms with Crippen molar-refractivity contribution < 1.29 is 29.0 Å². The highest BCUT2D eigenvalue weighted by molar-refractivity contribution is 5.90. The molecule has 28 heavy (non-hydrogen) atoms. The molecule has 2 aromatic rings. The van der Waals surface area contributed by atoms with Crippen LogP contribution in [-0.2, 0) is 16.0 Å². The van der Waals surface area contributed by atoms with E-state index < -0.39 is 29.7 Å². The van der Waals surface area contributed by atoms with Crippen molar-refractivity contribution in [1.82, 2.24) is 5.32 Å². The number of carbonyl (C=O) groups excluding carboxylic acids is 2. The summed E-state index contributed by atoms with van der Waals surface area (Å²) in [6, 6.07) is 13.9. The van der Waals surface area contributed by atoms with Gasteiger partial charge < -0.3 is 19.9 Å². The Morgan fingerprint density at radius 1 is 1.00 bits per heavy atom. The SMILES string of the molecule is CC(C)(C)OC(=O)N[C@@H](Cc1ccc(OC(=O)c2ccccc2)cc1)C(=O)O. The van der Waals surface area contributed by atoms with Crippen molar-refractivity contribution in [2.75, 3.05) is 0 Å². The quantitative estimate of drug-likeness (QED) is 0.583. The van der Waals surface area contributed by atoms with Gasteiger partial charge in [0.15, 0.2) is 0 Å². The van der Waals surface area contributed by atoms with Crippen LogP contribution >= 0.6 is 0 Å². The number of esters is 1.